The Balaban J connectivity index is 1.43. The zero-order valence-electron chi connectivity index (χ0n) is 16.0. The van der Waals surface area contributed by atoms with Crippen molar-refractivity contribution < 1.29 is 19.1 Å². The number of hydrogen-bond acceptors (Lipinski definition) is 7. The molecule has 8 heteroatoms. The van der Waals surface area contributed by atoms with Gasteiger partial charge in [-0.2, -0.15) is 0 Å². The van der Waals surface area contributed by atoms with Gasteiger partial charge < -0.3 is 9.47 Å². The van der Waals surface area contributed by atoms with Crippen LogP contribution in [0.5, 0.6) is 5.75 Å². The van der Waals surface area contributed by atoms with Crippen molar-refractivity contribution in [1.82, 2.24) is 9.88 Å². The molecular formula is C21H21N3O4S. The maximum Gasteiger partial charge on any atom is 0.308 e. The topological polar surface area (TPSA) is 80.8 Å². The van der Waals surface area contributed by atoms with E-state index in [2.05, 4.69) is 27.3 Å². The molecule has 0 aliphatic carbocycles. The summed E-state index contributed by atoms with van der Waals surface area (Å²) < 4.78 is 11.4. The molecule has 0 atom stereocenters. The molecule has 1 aromatic heterocycles. The summed E-state index contributed by atoms with van der Waals surface area (Å²) in [6, 6.07) is 12.6. The Bertz CT molecular complexity index is 1030. The van der Waals surface area contributed by atoms with Gasteiger partial charge in [0, 0.05) is 32.1 Å². The molecule has 2 aromatic carbocycles. The Morgan fingerprint density at radius 1 is 1.17 bits per heavy atom. The fraction of sp³-hybridized carbons (Fsp3) is 0.286. The summed E-state index contributed by atoms with van der Waals surface area (Å²) in [5.41, 5.74) is 2.55. The molecule has 3 aromatic rings. The lowest BCUT2D eigenvalue weighted by Crippen LogP contribution is -2.35. The molecule has 0 saturated carbocycles. The number of fused-ring (bicyclic) bond motifs is 1. The van der Waals surface area contributed by atoms with Crippen molar-refractivity contribution in [1.29, 1.82) is 0 Å². The first-order valence-corrected chi connectivity index (χ1v) is 10.2. The van der Waals surface area contributed by atoms with Gasteiger partial charge in [-0.25, -0.2) is 4.98 Å². The number of benzene rings is 2. The molecule has 0 spiro atoms. The van der Waals surface area contributed by atoms with Crippen molar-refractivity contribution in [3.63, 3.8) is 0 Å². The van der Waals surface area contributed by atoms with Crippen molar-refractivity contribution >= 4 is 38.6 Å². The third-order valence-electron chi connectivity index (χ3n) is 4.56. The minimum Gasteiger partial charge on any atom is -0.427 e. The molecule has 1 fully saturated rings. The van der Waals surface area contributed by atoms with E-state index in [0.29, 0.717) is 16.4 Å². The number of nitrogens with zero attached hydrogens (tertiary/aromatic N) is 2. The smallest absolute Gasteiger partial charge is 0.308 e. The molecule has 2 heterocycles. The van der Waals surface area contributed by atoms with Gasteiger partial charge in [0.25, 0.3) is 5.91 Å². The van der Waals surface area contributed by atoms with Crippen LogP contribution in [0.4, 0.5) is 5.13 Å². The molecule has 0 radical (unpaired) electrons. The van der Waals surface area contributed by atoms with Gasteiger partial charge in [-0.05, 0) is 42.0 Å². The monoisotopic (exact) mass is 411 g/mol. The van der Waals surface area contributed by atoms with E-state index >= 15 is 0 Å². The number of carbonyl (C=O) groups is 2. The van der Waals surface area contributed by atoms with Gasteiger partial charge in [0.1, 0.15) is 5.75 Å². The second-order valence-corrected chi connectivity index (χ2v) is 7.81. The van der Waals surface area contributed by atoms with Gasteiger partial charge in [0.15, 0.2) is 5.13 Å². The molecule has 1 saturated heterocycles. The highest BCUT2D eigenvalue weighted by Crippen LogP contribution is 2.28. The fourth-order valence-electron chi connectivity index (χ4n) is 3.15. The molecule has 7 nitrogen and oxygen atoms in total. The Hall–Kier alpha value is -2.81. The van der Waals surface area contributed by atoms with Crippen LogP contribution in [0.1, 0.15) is 22.8 Å². The van der Waals surface area contributed by atoms with Crippen molar-refractivity contribution in [3.05, 3.63) is 53.6 Å². The number of aromatic nitrogens is 1. The second kappa shape index (κ2) is 8.69. The highest BCUT2D eigenvalue weighted by atomic mass is 32.1. The second-order valence-electron chi connectivity index (χ2n) is 6.78. The van der Waals surface area contributed by atoms with Gasteiger partial charge >= 0.3 is 5.97 Å². The third-order valence-corrected chi connectivity index (χ3v) is 5.49. The number of esters is 1. The van der Waals surface area contributed by atoms with Crippen LogP contribution in [-0.2, 0) is 16.1 Å². The van der Waals surface area contributed by atoms with Crippen LogP contribution < -0.4 is 10.1 Å². The number of nitrogens with one attached hydrogen (secondary N) is 1. The quantitative estimate of drug-likeness (QED) is 0.513. The summed E-state index contributed by atoms with van der Waals surface area (Å²) in [6.45, 7) is 5.66. The molecule has 1 amide bonds. The Morgan fingerprint density at radius 3 is 2.66 bits per heavy atom. The molecular weight excluding hydrogens is 390 g/mol. The summed E-state index contributed by atoms with van der Waals surface area (Å²) in [6.07, 6.45) is 0. The number of hydrogen-bond donors (Lipinski definition) is 1. The van der Waals surface area contributed by atoms with E-state index in [4.69, 9.17) is 9.47 Å². The SMILES string of the molecule is CC(=O)Oc1ccc(C(=O)Nc2nc3ccc(CN4CCOCC4)cc3s2)cc1. The predicted molar refractivity (Wildman–Crippen MR) is 111 cm³/mol. The van der Waals surface area contributed by atoms with Crippen molar-refractivity contribution in [2.45, 2.75) is 13.5 Å². The van der Waals surface area contributed by atoms with Gasteiger partial charge in [0.05, 0.1) is 23.4 Å². The number of rotatable bonds is 5. The molecule has 0 bridgehead atoms. The number of ether oxygens (including phenoxy) is 2. The average Bonchev–Trinajstić information content (AvgIpc) is 3.10. The summed E-state index contributed by atoms with van der Waals surface area (Å²) in [5, 5.41) is 3.40. The van der Waals surface area contributed by atoms with Crippen LogP contribution in [0.3, 0.4) is 0 Å². The van der Waals surface area contributed by atoms with E-state index in [-0.39, 0.29) is 5.91 Å². The van der Waals surface area contributed by atoms with E-state index < -0.39 is 5.97 Å². The van der Waals surface area contributed by atoms with Gasteiger partial charge in [0.2, 0.25) is 0 Å². The van der Waals surface area contributed by atoms with Crippen LogP contribution in [0.15, 0.2) is 42.5 Å². The van der Waals surface area contributed by atoms with Crippen molar-refractivity contribution in [3.8, 4) is 5.75 Å². The van der Waals surface area contributed by atoms with Crippen LogP contribution in [0.25, 0.3) is 10.2 Å². The predicted octanol–water partition coefficient (Wildman–Crippen LogP) is 3.31. The highest BCUT2D eigenvalue weighted by molar-refractivity contribution is 7.22. The van der Waals surface area contributed by atoms with Crippen LogP contribution in [-0.4, -0.2) is 48.1 Å². The van der Waals surface area contributed by atoms with Crippen molar-refractivity contribution in [2.24, 2.45) is 0 Å². The van der Waals surface area contributed by atoms with Gasteiger partial charge in [-0.15, -0.1) is 0 Å². The average molecular weight is 411 g/mol. The summed E-state index contributed by atoms with van der Waals surface area (Å²) in [5.74, 6) is -0.251. The number of amides is 1. The van der Waals surface area contributed by atoms with Gasteiger partial charge in [-0.1, -0.05) is 17.4 Å². The van der Waals surface area contributed by atoms with Gasteiger partial charge in [-0.3, -0.25) is 19.8 Å². The first-order valence-electron chi connectivity index (χ1n) is 9.36. The first kappa shape index (κ1) is 19.5. The molecule has 1 N–H and O–H groups in total. The Labute approximate surface area is 172 Å². The lowest BCUT2D eigenvalue weighted by atomic mass is 10.2. The summed E-state index contributed by atoms with van der Waals surface area (Å²) in [7, 11) is 0. The number of carbonyl (C=O) groups excluding carboxylic acids is 2. The highest BCUT2D eigenvalue weighted by Gasteiger charge is 2.13. The molecule has 29 heavy (non-hydrogen) atoms. The van der Waals surface area contributed by atoms with E-state index in [9.17, 15) is 9.59 Å². The standard InChI is InChI=1S/C21H21N3O4S/c1-14(25)28-17-5-3-16(4-6-17)20(26)23-21-22-18-7-2-15(12-19(18)29-21)13-24-8-10-27-11-9-24/h2-7,12H,8-11,13H2,1H3,(H,22,23,26). The van der Waals surface area contributed by atoms with E-state index in [0.717, 1.165) is 43.1 Å². The minimum atomic E-state index is -0.398. The lowest BCUT2D eigenvalue weighted by Gasteiger charge is -2.26. The van der Waals surface area contributed by atoms with Crippen LogP contribution >= 0.6 is 11.3 Å². The van der Waals surface area contributed by atoms with Crippen LogP contribution in [0.2, 0.25) is 0 Å². The lowest BCUT2D eigenvalue weighted by molar-refractivity contribution is -0.131. The minimum absolute atomic E-state index is 0.257. The maximum atomic E-state index is 12.5. The molecule has 1 aliphatic rings. The first-order chi connectivity index (χ1) is 14.1. The summed E-state index contributed by atoms with van der Waals surface area (Å²) >= 11 is 1.45. The Morgan fingerprint density at radius 2 is 1.93 bits per heavy atom. The normalized spacial score (nSPS) is 14.7. The number of morpholine rings is 1. The zero-order chi connectivity index (χ0) is 20.2. The molecule has 0 unspecified atom stereocenters. The number of anilines is 1. The fourth-order valence-corrected chi connectivity index (χ4v) is 4.07. The third kappa shape index (κ3) is 4.97. The largest absolute Gasteiger partial charge is 0.427 e. The van der Waals surface area contributed by atoms with E-state index in [1.807, 2.05) is 6.07 Å². The summed E-state index contributed by atoms with van der Waals surface area (Å²) in [4.78, 5) is 30.3. The van der Waals surface area contributed by atoms with Crippen molar-refractivity contribution in [2.75, 3.05) is 31.6 Å². The maximum absolute atomic E-state index is 12.5. The van der Waals surface area contributed by atoms with Crippen LogP contribution in [0, 0.1) is 0 Å². The molecule has 1 aliphatic heterocycles. The zero-order valence-corrected chi connectivity index (χ0v) is 16.8. The number of thiazole rings is 1. The Kier molecular flexibility index (Phi) is 5.84. The van der Waals surface area contributed by atoms with E-state index in [1.165, 1.54) is 23.8 Å². The molecule has 4 rings (SSSR count). The molecule has 150 valence electrons. The van der Waals surface area contributed by atoms with E-state index in [1.54, 1.807) is 24.3 Å².